The van der Waals surface area contributed by atoms with Crippen LogP contribution in [0.2, 0.25) is 0 Å². The first kappa shape index (κ1) is 10.7. The quantitative estimate of drug-likeness (QED) is 0.759. The Kier molecular flexibility index (Phi) is 3.22. The van der Waals surface area contributed by atoms with Crippen molar-refractivity contribution in [1.29, 1.82) is 0 Å². The lowest BCUT2D eigenvalue weighted by atomic mass is 10.2. The van der Waals surface area contributed by atoms with Crippen LogP contribution in [0.5, 0.6) is 0 Å². The molecule has 0 spiro atoms. The van der Waals surface area contributed by atoms with Crippen LogP contribution in [0, 0.1) is 12.3 Å². The summed E-state index contributed by atoms with van der Waals surface area (Å²) in [5.41, 5.74) is 0.595. The van der Waals surface area contributed by atoms with E-state index in [1.807, 2.05) is 5.92 Å². The van der Waals surface area contributed by atoms with Gasteiger partial charge >= 0.3 is 0 Å². The number of hydrogen-bond acceptors (Lipinski definition) is 3. The monoisotopic (exact) mass is 219 g/mol. The van der Waals surface area contributed by atoms with Crippen LogP contribution < -0.4 is 5.32 Å². The minimum Gasteiger partial charge on any atom is -0.357 e. The van der Waals surface area contributed by atoms with Gasteiger partial charge in [-0.05, 0) is 25.2 Å². The largest absolute Gasteiger partial charge is 0.357 e. The molecule has 0 radical (unpaired) electrons. The summed E-state index contributed by atoms with van der Waals surface area (Å²) >= 11 is 0. The zero-order valence-electron chi connectivity index (χ0n) is 8.85. The van der Waals surface area contributed by atoms with Crippen LogP contribution in [0.3, 0.4) is 0 Å². The molecule has 16 heavy (non-hydrogen) atoms. The molecule has 1 aliphatic rings. The fourth-order valence-electron chi connectivity index (χ4n) is 1.66. The van der Waals surface area contributed by atoms with Gasteiger partial charge in [0.25, 0.3) is 5.91 Å². The normalized spacial score (nSPS) is 20.1. The van der Waals surface area contributed by atoms with Crippen molar-refractivity contribution in [2.75, 3.05) is 11.9 Å². The van der Waals surface area contributed by atoms with Crippen LogP contribution in [-0.2, 0) is 9.53 Å². The first-order chi connectivity index (χ1) is 7.79. The molecule has 0 aromatic carbocycles. The Hall–Kier alpha value is -1.80. The van der Waals surface area contributed by atoms with Crippen LogP contribution in [0.4, 0.5) is 5.69 Å². The number of ether oxygens (including phenoxy) is 1. The smallest absolute Gasteiger partial charge is 0.300 e. The average molecular weight is 219 g/mol. The van der Waals surface area contributed by atoms with Crippen molar-refractivity contribution in [3.8, 4) is 12.3 Å². The summed E-state index contributed by atoms with van der Waals surface area (Å²) < 4.78 is 7.27. The summed E-state index contributed by atoms with van der Waals surface area (Å²) in [7, 11) is 0. The molecule has 5 nitrogen and oxygen atoms in total. The zero-order valence-corrected chi connectivity index (χ0v) is 8.85. The fraction of sp³-hybridized carbons (Fsp3) is 0.455. The molecule has 0 saturated carbocycles. The summed E-state index contributed by atoms with van der Waals surface area (Å²) in [4.78, 5) is 11.0. The molecule has 1 amide bonds. The van der Waals surface area contributed by atoms with Gasteiger partial charge in [0.2, 0.25) is 0 Å². The lowest BCUT2D eigenvalue weighted by Gasteiger charge is -2.22. The number of hydrogen-bond donors (Lipinski definition) is 1. The second kappa shape index (κ2) is 4.81. The Labute approximate surface area is 93.8 Å². The second-order valence-electron chi connectivity index (χ2n) is 3.63. The molecule has 0 aliphatic carbocycles. The molecule has 5 heteroatoms. The highest BCUT2D eigenvalue weighted by molar-refractivity contribution is 6.03. The van der Waals surface area contributed by atoms with Gasteiger partial charge in [0.1, 0.15) is 6.23 Å². The molecule has 1 aromatic rings. The maximum absolute atomic E-state index is 11.0. The molecule has 1 N–H and O–H groups in total. The second-order valence-corrected chi connectivity index (χ2v) is 3.63. The highest BCUT2D eigenvalue weighted by Gasteiger charge is 2.16. The van der Waals surface area contributed by atoms with Gasteiger partial charge in [0.15, 0.2) is 0 Å². The number of nitrogens with zero attached hydrogens (tertiary/aromatic N) is 2. The minimum absolute atomic E-state index is 0.0229. The SMILES string of the molecule is C#CC(=O)Nc1cnn([C@H]2CCCCO2)c1. The highest BCUT2D eigenvalue weighted by atomic mass is 16.5. The molecule has 1 saturated heterocycles. The van der Waals surface area contributed by atoms with Crippen LogP contribution in [0.1, 0.15) is 25.5 Å². The third kappa shape index (κ3) is 2.41. The van der Waals surface area contributed by atoms with E-state index in [2.05, 4.69) is 10.4 Å². The molecular weight excluding hydrogens is 206 g/mol. The van der Waals surface area contributed by atoms with Gasteiger partial charge in [0.05, 0.1) is 18.1 Å². The summed E-state index contributed by atoms with van der Waals surface area (Å²) in [6.45, 7) is 0.760. The maximum atomic E-state index is 11.0. The summed E-state index contributed by atoms with van der Waals surface area (Å²) in [5.74, 6) is 1.52. The lowest BCUT2D eigenvalue weighted by molar-refractivity contribution is -0.111. The van der Waals surface area contributed by atoms with Crippen molar-refractivity contribution in [2.24, 2.45) is 0 Å². The van der Waals surface area contributed by atoms with E-state index in [9.17, 15) is 4.79 Å². The van der Waals surface area contributed by atoms with Crippen molar-refractivity contribution in [3.05, 3.63) is 12.4 Å². The van der Waals surface area contributed by atoms with E-state index in [0.717, 1.165) is 25.9 Å². The van der Waals surface area contributed by atoms with E-state index >= 15 is 0 Å². The number of nitrogens with one attached hydrogen (secondary N) is 1. The molecule has 1 atom stereocenters. The molecular formula is C11H13N3O2. The highest BCUT2D eigenvalue weighted by Crippen LogP contribution is 2.22. The van der Waals surface area contributed by atoms with Crippen LogP contribution in [0.15, 0.2) is 12.4 Å². The Morgan fingerprint density at radius 3 is 3.25 bits per heavy atom. The van der Waals surface area contributed by atoms with E-state index < -0.39 is 5.91 Å². The number of rotatable bonds is 2. The van der Waals surface area contributed by atoms with Crippen LogP contribution in [0.25, 0.3) is 0 Å². The third-order valence-electron chi connectivity index (χ3n) is 2.44. The minimum atomic E-state index is -0.468. The molecule has 1 fully saturated rings. The molecule has 0 unspecified atom stereocenters. The van der Waals surface area contributed by atoms with E-state index in [4.69, 9.17) is 11.2 Å². The number of carbonyl (C=O) groups excluding carboxylic acids is 1. The van der Waals surface area contributed by atoms with Crippen LogP contribution >= 0.6 is 0 Å². The van der Waals surface area contributed by atoms with Crippen molar-refractivity contribution in [3.63, 3.8) is 0 Å². The van der Waals surface area contributed by atoms with E-state index in [0.29, 0.717) is 5.69 Å². The maximum Gasteiger partial charge on any atom is 0.300 e. The predicted octanol–water partition coefficient (Wildman–Crippen LogP) is 1.15. The number of amides is 1. The first-order valence-electron chi connectivity index (χ1n) is 5.23. The summed E-state index contributed by atoms with van der Waals surface area (Å²) in [6, 6.07) is 0. The van der Waals surface area contributed by atoms with Gasteiger partial charge in [-0.1, -0.05) is 0 Å². The predicted molar refractivity (Wildman–Crippen MR) is 58.5 cm³/mol. The van der Waals surface area contributed by atoms with E-state index in [-0.39, 0.29) is 6.23 Å². The standard InChI is InChI=1S/C11H13N3O2/c1-2-10(15)13-9-7-12-14(8-9)11-5-3-4-6-16-11/h1,7-8,11H,3-6H2,(H,13,15)/t11-/m1/s1. The number of anilines is 1. The molecule has 2 heterocycles. The molecule has 84 valence electrons. The molecule has 0 bridgehead atoms. The summed E-state index contributed by atoms with van der Waals surface area (Å²) in [5, 5.41) is 6.67. The van der Waals surface area contributed by atoms with Gasteiger partial charge in [0, 0.05) is 6.61 Å². The summed E-state index contributed by atoms with van der Waals surface area (Å²) in [6.07, 6.45) is 11.4. The van der Waals surface area contributed by atoms with Gasteiger partial charge in [-0.25, -0.2) is 4.68 Å². The van der Waals surface area contributed by atoms with Gasteiger partial charge in [-0.2, -0.15) is 5.10 Å². The molecule has 1 aromatic heterocycles. The van der Waals surface area contributed by atoms with Crippen molar-refractivity contribution in [2.45, 2.75) is 25.5 Å². The van der Waals surface area contributed by atoms with E-state index in [1.54, 1.807) is 17.1 Å². The number of carbonyl (C=O) groups is 1. The van der Waals surface area contributed by atoms with Gasteiger partial charge in [-0.3, -0.25) is 4.79 Å². The third-order valence-corrected chi connectivity index (χ3v) is 2.44. The topological polar surface area (TPSA) is 56.2 Å². The molecule has 2 rings (SSSR count). The van der Waals surface area contributed by atoms with Crippen molar-refractivity contribution >= 4 is 11.6 Å². The first-order valence-corrected chi connectivity index (χ1v) is 5.23. The van der Waals surface area contributed by atoms with Crippen molar-refractivity contribution in [1.82, 2.24) is 9.78 Å². The van der Waals surface area contributed by atoms with Crippen molar-refractivity contribution < 1.29 is 9.53 Å². The number of terminal acetylenes is 1. The van der Waals surface area contributed by atoms with E-state index in [1.165, 1.54) is 0 Å². The Morgan fingerprint density at radius 2 is 2.56 bits per heavy atom. The molecule has 1 aliphatic heterocycles. The average Bonchev–Trinajstić information content (AvgIpc) is 2.78. The number of aromatic nitrogens is 2. The Bertz CT molecular complexity index is 413. The fourth-order valence-corrected chi connectivity index (χ4v) is 1.66. The zero-order chi connectivity index (χ0) is 11.4. The lowest BCUT2D eigenvalue weighted by Crippen LogP contribution is -2.18. The van der Waals surface area contributed by atoms with Gasteiger partial charge in [-0.15, -0.1) is 6.42 Å². The Morgan fingerprint density at radius 1 is 1.69 bits per heavy atom. The van der Waals surface area contributed by atoms with Gasteiger partial charge < -0.3 is 10.1 Å². The van der Waals surface area contributed by atoms with Crippen LogP contribution in [-0.4, -0.2) is 22.3 Å². The Balaban J connectivity index is 2.01.